The number of sulfonamides is 1. The second-order valence-corrected chi connectivity index (χ2v) is 9.40. The van der Waals surface area contributed by atoms with Crippen LogP contribution in [0.25, 0.3) is 0 Å². The van der Waals surface area contributed by atoms with E-state index in [-0.39, 0.29) is 10.8 Å². The molecule has 0 radical (unpaired) electrons. The SMILES string of the molecule is CC1CCN(S(=O)(=O)c2ccc(C(=O)N3CCCC[C@H]3C(=O)O)cc2)CC1. The van der Waals surface area contributed by atoms with Crippen molar-refractivity contribution >= 4 is 21.9 Å². The molecule has 2 heterocycles. The van der Waals surface area contributed by atoms with Crippen molar-refractivity contribution in [3.05, 3.63) is 29.8 Å². The number of nitrogens with zero attached hydrogens (tertiary/aromatic N) is 2. The molecule has 8 heteroatoms. The largest absolute Gasteiger partial charge is 0.480 e. The number of piperidine rings is 2. The Labute approximate surface area is 160 Å². The summed E-state index contributed by atoms with van der Waals surface area (Å²) in [6.07, 6.45) is 3.70. The number of hydrogen-bond acceptors (Lipinski definition) is 4. The van der Waals surface area contributed by atoms with Crippen LogP contribution < -0.4 is 0 Å². The number of aliphatic carboxylic acids is 1. The van der Waals surface area contributed by atoms with Gasteiger partial charge in [0.05, 0.1) is 4.90 Å². The van der Waals surface area contributed by atoms with E-state index in [0.717, 1.165) is 25.7 Å². The van der Waals surface area contributed by atoms with Gasteiger partial charge in [0.1, 0.15) is 6.04 Å². The predicted molar refractivity (Wildman–Crippen MR) is 99.9 cm³/mol. The first-order valence-electron chi connectivity index (χ1n) is 9.44. The monoisotopic (exact) mass is 394 g/mol. The van der Waals surface area contributed by atoms with Crippen LogP contribution >= 0.6 is 0 Å². The van der Waals surface area contributed by atoms with E-state index in [2.05, 4.69) is 6.92 Å². The molecule has 2 fully saturated rings. The van der Waals surface area contributed by atoms with Crippen molar-refractivity contribution in [1.29, 1.82) is 0 Å². The van der Waals surface area contributed by atoms with Crippen LogP contribution in [0.15, 0.2) is 29.2 Å². The highest BCUT2D eigenvalue weighted by Crippen LogP contribution is 2.25. The highest BCUT2D eigenvalue weighted by molar-refractivity contribution is 7.89. The van der Waals surface area contributed by atoms with Crippen LogP contribution in [0.3, 0.4) is 0 Å². The lowest BCUT2D eigenvalue weighted by molar-refractivity contribution is -0.143. The lowest BCUT2D eigenvalue weighted by Crippen LogP contribution is -2.48. The second kappa shape index (κ2) is 7.98. The Morgan fingerprint density at radius 1 is 1.00 bits per heavy atom. The number of carboxylic acids is 1. The molecule has 0 spiro atoms. The minimum Gasteiger partial charge on any atom is -0.480 e. The summed E-state index contributed by atoms with van der Waals surface area (Å²) in [4.78, 5) is 25.7. The number of rotatable bonds is 4. The van der Waals surface area contributed by atoms with Crippen molar-refractivity contribution < 1.29 is 23.1 Å². The van der Waals surface area contributed by atoms with Crippen LogP contribution in [0.4, 0.5) is 0 Å². The fourth-order valence-electron chi connectivity index (χ4n) is 3.74. The predicted octanol–water partition coefficient (Wildman–Crippen LogP) is 2.19. The van der Waals surface area contributed by atoms with E-state index in [4.69, 9.17) is 0 Å². The number of carbonyl (C=O) groups is 2. The standard InChI is InChI=1S/C19H26N2O5S/c1-14-9-12-20(13-10-14)27(25,26)16-7-5-15(6-8-16)18(22)21-11-3-2-4-17(21)19(23)24/h5-8,14,17H,2-4,9-13H2,1H3,(H,23,24)/t17-/m0/s1. The molecule has 0 saturated carbocycles. The molecule has 2 aliphatic heterocycles. The maximum absolute atomic E-state index is 12.8. The zero-order chi connectivity index (χ0) is 19.6. The Bertz CT molecular complexity index is 798. The lowest BCUT2D eigenvalue weighted by Gasteiger charge is -2.33. The molecule has 2 saturated heterocycles. The van der Waals surface area contributed by atoms with Crippen molar-refractivity contribution in [2.24, 2.45) is 5.92 Å². The number of likely N-dealkylation sites (tertiary alicyclic amines) is 1. The van der Waals surface area contributed by atoms with E-state index in [1.165, 1.54) is 33.5 Å². The van der Waals surface area contributed by atoms with Crippen LogP contribution in [-0.4, -0.2) is 60.3 Å². The average Bonchev–Trinajstić information content (AvgIpc) is 2.68. The second-order valence-electron chi connectivity index (χ2n) is 7.46. The zero-order valence-corrected chi connectivity index (χ0v) is 16.3. The van der Waals surface area contributed by atoms with E-state index >= 15 is 0 Å². The average molecular weight is 394 g/mol. The number of carbonyl (C=O) groups excluding carboxylic acids is 1. The normalized spacial score (nSPS) is 22.6. The minimum absolute atomic E-state index is 0.169. The Balaban J connectivity index is 1.76. The summed E-state index contributed by atoms with van der Waals surface area (Å²) in [7, 11) is -3.56. The van der Waals surface area contributed by atoms with Gasteiger partial charge >= 0.3 is 5.97 Å². The summed E-state index contributed by atoms with van der Waals surface area (Å²) in [6.45, 7) is 3.55. The van der Waals surface area contributed by atoms with Gasteiger partial charge in [-0.15, -0.1) is 0 Å². The molecule has 1 amide bonds. The van der Waals surface area contributed by atoms with Crippen LogP contribution in [0.1, 0.15) is 49.4 Å². The van der Waals surface area contributed by atoms with Crippen LogP contribution in [0.2, 0.25) is 0 Å². The van der Waals surface area contributed by atoms with Crippen LogP contribution in [0, 0.1) is 5.92 Å². The maximum atomic E-state index is 12.8. The van der Waals surface area contributed by atoms with Gasteiger partial charge in [0.15, 0.2) is 0 Å². The first kappa shape index (κ1) is 19.8. The Morgan fingerprint density at radius 2 is 1.63 bits per heavy atom. The Morgan fingerprint density at radius 3 is 2.22 bits per heavy atom. The molecule has 3 rings (SSSR count). The molecule has 0 unspecified atom stereocenters. The molecule has 1 aromatic rings. The Kier molecular flexibility index (Phi) is 5.86. The molecule has 27 heavy (non-hydrogen) atoms. The Hall–Kier alpha value is -1.93. The van der Waals surface area contributed by atoms with Crippen molar-refractivity contribution in [3.8, 4) is 0 Å². The highest BCUT2D eigenvalue weighted by Gasteiger charge is 2.33. The third-order valence-electron chi connectivity index (χ3n) is 5.53. The van der Waals surface area contributed by atoms with E-state index in [1.54, 1.807) is 0 Å². The summed E-state index contributed by atoms with van der Waals surface area (Å²) >= 11 is 0. The van der Waals surface area contributed by atoms with E-state index < -0.39 is 22.0 Å². The number of benzene rings is 1. The third-order valence-corrected chi connectivity index (χ3v) is 7.44. The van der Waals surface area contributed by atoms with Gasteiger partial charge in [-0.3, -0.25) is 4.79 Å². The number of amides is 1. The fraction of sp³-hybridized carbons (Fsp3) is 0.579. The van der Waals surface area contributed by atoms with Crippen molar-refractivity contribution in [3.63, 3.8) is 0 Å². The van der Waals surface area contributed by atoms with E-state index in [1.807, 2.05) is 0 Å². The summed E-state index contributed by atoms with van der Waals surface area (Å²) in [6, 6.07) is 5.04. The summed E-state index contributed by atoms with van der Waals surface area (Å²) in [5.74, 6) is -0.831. The van der Waals surface area contributed by atoms with Gasteiger partial charge in [-0.1, -0.05) is 6.92 Å². The molecular weight excluding hydrogens is 368 g/mol. The number of carboxylic acid groups (broad SMARTS) is 1. The zero-order valence-electron chi connectivity index (χ0n) is 15.5. The van der Waals surface area contributed by atoms with Gasteiger partial charge in [0.25, 0.3) is 5.91 Å². The first-order valence-corrected chi connectivity index (χ1v) is 10.9. The van der Waals surface area contributed by atoms with Crippen molar-refractivity contribution in [2.75, 3.05) is 19.6 Å². The molecule has 1 atom stereocenters. The molecule has 7 nitrogen and oxygen atoms in total. The molecular formula is C19H26N2O5S. The third kappa shape index (κ3) is 4.16. The molecule has 1 N–H and O–H groups in total. The van der Waals surface area contributed by atoms with Gasteiger partial charge < -0.3 is 10.0 Å². The van der Waals surface area contributed by atoms with Crippen LogP contribution in [0.5, 0.6) is 0 Å². The first-order chi connectivity index (χ1) is 12.8. The van der Waals surface area contributed by atoms with E-state index in [0.29, 0.717) is 37.5 Å². The molecule has 2 aliphatic rings. The summed E-state index contributed by atoms with van der Waals surface area (Å²) in [5.41, 5.74) is 0.314. The summed E-state index contributed by atoms with van der Waals surface area (Å²) in [5, 5.41) is 9.34. The molecule has 148 valence electrons. The number of hydrogen-bond donors (Lipinski definition) is 1. The van der Waals surface area contributed by atoms with Gasteiger partial charge in [0, 0.05) is 25.2 Å². The molecule has 1 aromatic carbocycles. The maximum Gasteiger partial charge on any atom is 0.326 e. The molecule has 0 bridgehead atoms. The quantitative estimate of drug-likeness (QED) is 0.845. The van der Waals surface area contributed by atoms with E-state index in [9.17, 15) is 23.1 Å². The molecule has 0 aromatic heterocycles. The van der Waals surface area contributed by atoms with Crippen molar-refractivity contribution in [2.45, 2.75) is 50.0 Å². The highest BCUT2D eigenvalue weighted by atomic mass is 32.2. The smallest absolute Gasteiger partial charge is 0.326 e. The topological polar surface area (TPSA) is 95.0 Å². The lowest BCUT2D eigenvalue weighted by atomic mass is 10.0. The molecule has 0 aliphatic carbocycles. The summed E-state index contributed by atoms with van der Waals surface area (Å²) < 4.78 is 27.0. The fourth-order valence-corrected chi connectivity index (χ4v) is 5.21. The van der Waals surface area contributed by atoms with Gasteiger partial charge in [-0.2, -0.15) is 4.31 Å². The van der Waals surface area contributed by atoms with Gasteiger partial charge in [-0.05, 0) is 62.3 Å². The van der Waals surface area contributed by atoms with Crippen molar-refractivity contribution in [1.82, 2.24) is 9.21 Å². The van der Waals surface area contributed by atoms with Gasteiger partial charge in [0.2, 0.25) is 10.0 Å². The van der Waals surface area contributed by atoms with Gasteiger partial charge in [-0.25, -0.2) is 13.2 Å². The minimum atomic E-state index is -3.56. The van der Waals surface area contributed by atoms with Crippen LogP contribution in [-0.2, 0) is 14.8 Å².